The van der Waals surface area contributed by atoms with Gasteiger partial charge in [-0.15, -0.1) is 0 Å². The first-order chi connectivity index (χ1) is 12.0. The number of esters is 1. The van der Waals surface area contributed by atoms with E-state index in [0.29, 0.717) is 28.4 Å². The maximum Gasteiger partial charge on any atom is 0.341 e. The van der Waals surface area contributed by atoms with Crippen molar-refractivity contribution < 1.29 is 28.5 Å². The molecule has 6 heteroatoms. The fraction of sp³-hybridized carbons (Fsp3) is 0.263. The van der Waals surface area contributed by atoms with E-state index < -0.39 is 5.97 Å². The highest BCUT2D eigenvalue weighted by Crippen LogP contribution is 2.28. The van der Waals surface area contributed by atoms with Crippen LogP contribution >= 0.6 is 0 Å². The fourth-order valence-corrected chi connectivity index (χ4v) is 2.29. The van der Waals surface area contributed by atoms with Crippen molar-refractivity contribution in [3.05, 3.63) is 53.1 Å². The van der Waals surface area contributed by atoms with Gasteiger partial charge in [-0.2, -0.15) is 0 Å². The third-order valence-corrected chi connectivity index (χ3v) is 3.66. The molecule has 0 amide bonds. The molecule has 0 saturated heterocycles. The minimum absolute atomic E-state index is 0.0551. The third-order valence-electron chi connectivity index (χ3n) is 3.66. The van der Waals surface area contributed by atoms with Crippen LogP contribution in [0.5, 0.6) is 17.2 Å². The quantitative estimate of drug-likeness (QED) is 0.567. The number of methoxy groups -OCH3 is 3. The van der Waals surface area contributed by atoms with Crippen LogP contribution in [0.15, 0.2) is 36.4 Å². The number of rotatable bonds is 7. The molecule has 2 aromatic rings. The van der Waals surface area contributed by atoms with E-state index in [1.807, 2.05) is 0 Å². The van der Waals surface area contributed by atoms with Gasteiger partial charge in [0.15, 0.2) is 5.78 Å². The van der Waals surface area contributed by atoms with Crippen LogP contribution in [-0.4, -0.2) is 33.1 Å². The smallest absolute Gasteiger partial charge is 0.341 e. The van der Waals surface area contributed by atoms with Gasteiger partial charge in [0, 0.05) is 17.2 Å². The molecule has 132 valence electrons. The predicted octanol–water partition coefficient (Wildman–Crippen LogP) is 3.27. The Labute approximate surface area is 146 Å². The lowest BCUT2D eigenvalue weighted by Crippen LogP contribution is -2.07. The van der Waals surface area contributed by atoms with Crippen LogP contribution in [0.2, 0.25) is 0 Å². The number of ether oxygens (including phenoxy) is 4. The molecule has 0 saturated carbocycles. The van der Waals surface area contributed by atoms with Crippen molar-refractivity contribution in [3.63, 3.8) is 0 Å². The number of hydrogen-bond acceptors (Lipinski definition) is 6. The largest absolute Gasteiger partial charge is 0.497 e. The second-order valence-corrected chi connectivity index (χ2v) is 5.23. The summed E-state index contributed by atoms with van der Waals surface area (Å²) in [7, 11) is 4.36. The second kappa shape index (κ2) is 8.19. The summed E-state index contributed by atoms with van der Waals surface area (Å²) in [6.07, 6.45) is 0. The van der Waals surface area contributed by atoms with Gasteiger partial charge in [0.05, 0.1) is 21.3 Å². The molecule has 6 nitrogen and oxygen atoms in total. The zero-order valence-corrected chi connectivity index (χ0v) is 14.6. The molecule has 0 spiro atoms. The Morgan fingerprint density at radius 3 is 2.28 bits per heavy atom. The van der Waals surface area contributed by atoms with Crippen molar-refractivity contribution in [3.8, 4) is 17.2 Å². The maximum absolute atomic E-state index is 11.9. The van der Waals surface area contributed by atoms with Gasteiger partial charge >= 0.3 is 5.97 Å². The highest BCUT2D eigenvalue weighted by molar-refractivity contribution is 5.94. The van der Waals surface area contributed by atoms with Crippen molar-refractivity contribution in [2.24, 2.45) is 0 Å². The molecule has 2 rings (SSSR count). The topological polar surface area (TPSA) is 71.1 Å². The van der Waals surface area contributed by atoms with Crippen LogP contribution in [0.25, 0.3) is 0 Å². The van der Waals surface area contributed by atoms with E-state index in [9.17, 15) is 9.59 Å². The van der Waals surface area contributed by atoms with Crippen molar-refractivity contribution in [1.82, 2.24) is 0 Å². The van der Waals surface area contributed by atoms with Gasteiger partial charge in [-0.05, 0) is 37.3 Å². The molecule has 0 heterocycles. The fourth-order valence-electron chi connectivity index (χ4n) is 2.29. The average Bonchev–Trinajstić information content (AvgIpc) is 2.64. The van der Waals surface area contributed by atoms with E-state index in [1.54, 1.807) is 36.4 Å². The number of carbonyl (C=O) groups excluding carboxylic acids is 2. The van der Waals surface area contributed by atoms with Gasteiger partial charge in [-0.1, -0.05) is 0 Å². The molecule has 0 unspecified atom stereocenters. The van der Waals surface area contributed by atoms with Crippen molar-refractivity contribution in [1.29, 1.82) is 0 Å². The Morgan fingerprint density at radius 2 is 1.68 bits per heavy atom. The summed E-state index contributed by atoms with van der Waals surface area (Å²) in [6, 6.07) is 9.93. The predicted molar refractivity (Wildman–Crippen MR) is 91.7 cm³/mol. The summed E-state index contributed by atoms with van der Waals surface area (Å²) in [6.45, 7) is 1.60. The van der Waals surface area contributed by atoms with Crippen LogP contribution in [0.1, 0.15) is 33.2 Å². The van der Waals surface area contributed by atoms with Gasteiger partial charge in [0.2, 0.25) is 0 Å². The van der Waals surface area contributed by atoms with Gasteiger partial charge in [0.25, 0.3) is 0 Å². The van der Waals surface area contributed by atoms with Crippen molar-refractivity contribution >= 4 is 11.8 Å². The maximum atomic E-state index is 11.9. The molecule has 0 aliphatic heterocycles. The number of Topliss-reactive ketones (excluding diaryl/α,β-unsaturated/α-hetero) is 1. The molecule has 0 N–H and O–H groups in total. The molecular formula is C19H20O6. The molecule has 0 aliphatic rings. The van der Waals surface area contributed by atoms with Crippen molar-refractivity contribution in [2.45, 2.75) is 13.5 Å². The molecule has 0 aliphatic carbocycles. The van der Waals surface area contributed by atoms with Crippen LogP contribution in [-0.2, 0) is 11.3 Å². The molecule has 0 bridgehead atoms. The summed E-state index contributed by atoms with van der Waals surface area (Å²) in [5.74, 6) is 0.892. The number of ketones is 1. The highest BCUT2D eigenvalue weighted by Gasteiger charge is 2.16. The molecule has 2 aromatic carbocycles. The highest BCUT2D eigenvalue weighted by atomic mass is 16.5. The zero-order valence-electron chi connectivity index (χ0n) is 14.6. The Hall–Kier alpha value is -3.02. The van der Waals surface area contributed by atoms with Gasteiger partial charge < -0.3 is 18.9 Å². The SMILES string of the molecule is COC(=O)c1ccc(OC)cc1OCc1cc(C(C)=O)ccc1OC. The Bertz CT molecular complexity index is 781. The minimum Gasteiger partial charge on any atom is -0.497 e. The standard InChI is InChI=1S/C19H20O6/c1-12(20)13-5-8-17(23-3)14(9-13)11-25-18-10-15(22-2)6-7-16(18)19(21)24-4/h5-10H,11H2,1-4H3. The Balaban J connectivity index is 2.33. The lowest BCUT2D eigenvalue weighted by atomic mass is 10.1. The normalized spacial score (nSPS) is 10.1. The van der Waals surface area contributed by atoms with Gasteiger partial charge in [0.1, 0.15) is 29.4 Å². The summed E-state index contributed by atoms with van der Waals surface area (Å²) < 4.78 is 21.0. The zero-order chi connectivity index (χ0) is 18.4. The van der Waals surface area contributed by atoms with Crippen LogP contribution in [0.4, 0.5) is 0 Å². The van der Waals surface area contributed by atoms with Gasteiger partial charge in [-0.25, -0.2) is 4.79 Å². The molecule has 0 atom stereocenters. The first-order valence-electron chi connectivity index (χ1n) is 7.57. The van der Waals surface area contributed by atoms with Crippen LogP contribution < -0.4 is 14.2 Å². The summed E-state index contributed by atoms with van der Waals surface area (Å²) >= 11 is 0. The summed E-state index contributed by atoms with van der Waals surface area (Å²) in [5.41, 5.74) is 1.53. The van der Waals surface area contributed by atoms with E-state index in [1.165, 1.54) is 28.3 Å². The average molecular weight is 344 g/mol. The summed E-state index contributed by atoms with van der Waals surface area (Å²) in [5, 5.41) is 0. The van der Waals surface area contributed by atoms with Crippen LogP contribution in [0, 0.1) is 0 Å². The van der Waals surface area contributed by atoms with E-state index >= 15 is 0 Å². The summed E-state index contributed by atoms with van der Waals surface area (Å²) in [4.78, 5) is 23.5. The van der Waals surface area contributed by atoms with E-state index in [4.69, 9.17) is 18.9 Å². The first kappa shape index (κ1) is 18.3. The molecule has 0 radical (unpaired) electrons. The molecule has 0 aromatic heterocycles. The lowest BCUT2D eigenvalue weighted by Gasteiger charge is -2.14. The number of hydrogen-bond donors (Lipinski definition) is 0. The van der Waals surface area contributed by atoms with Crippen LogP contribution in [0.3, 0.4) is 0 Å². The number of carbonyl (C=O) groups is 2. The monoisotopic (exact) mass is 344 g/mol. The van der Waals surface area contributed by atoms with Gasteiger partial charge in [-0.3, -0.25) is 4.79 Å². The van der Waals surface area contributed by atoms with Crippen molar-refractivity contribution in [2.75, 3.05) is 21.3 Å². The second-order valence-electron chi connectivity index (χ2n) is 5.23. The molecule has 0 fully saturated rings. The molecular weight excluding hydrogens is 324 g/mol. The third kappa shape index (κ3) is 4.29. The van der Waals surface area contributed by atoms with E-state index in [2.05, 4.69) is 0 Å². The number of benzene rings is 2. The van der Waals surface area contributed by atoms with E-state index in [-0.39, 0.29) is 18.0 Å². The van der Waals surface area contributed by atoms with E-state index in [0.717, 1.165) is 0 Å². The Morgan fingerprint density at radius 1 is 0.920 bits per heavy atom. The lowest BCUT2D eigenvalue weighted by molar-refractivity contribution is 0.0595. The Kier molecular flexibility index (Phi) is 6.00. The first-order valence-corrected chi connectivity index (χ1v) is 7.57. The molecule has 25 heavy (non-hydrogen) atoms. The minimum atomic E-state index is -0.512.